The molecule has 0 aromatic heterocycles. The van der Waals surface area contributed by atoms with Gasteiger partial charge in [0.05, 0.1) is 12.7 Å². The third-order valence-corrected chi connectivity index (χ3v) is 3.08. The number of rotatable bonds is 4. The second-order valence-electron chi connectivity index (χ2n) is 4.59. The summed E-state index contributed by atoms with van der Waals surface area (Å²) in [5.41, 5.74) is 8.80. The minimum Gasteiger partial charge on any atom is -0.496 e. The molecule has 0 unspecified atom stereocenters. The standard InChI is InChI=1S/C16H18N2O2/c1-11-7-8-13(14(17)9-11)16(19)18-10-12-5-3-4-6-15(12)20-2/h3-9H,10,17H2,1-2H3,(H,18,19). The van der Waals surface area contributed by atoms with E-state index in [4.69, 9.17) is 10.5 Å². The second kappa shape index (κ2) is 6.10. The number of methoxy groups -OCH3 is 1. The zero-order chi connectivity index (χ0) is 14.5. The van der Waals surface area contributed by atoms with Gasteiger partial charge < -0.3 is 15.8 Å². The zero-order valence-electron chi connectivity index (χ0n) is 11.6. The maximum atomic E-state index is 12.1. The van der Waals surface area contributed by atoms with Gasteiger partial charge in [-0.05, 0) is 30.7 Å². The Labute approximate surface area is 118 Å². The van der Waals surface area contributed by atoms with Gasteiger partial charge in [-0.1, -0.05) is 24.3 Å². The first-order chi connectivity index (χ1) is 9.61. The van der Waals surface area contributed by atoms with Crippen molar-refractivity contribution in [1.29, 1.82) is 0 Å². The normalized spacial score (nSPS) is 10.1. The van der Waals surface area contributed by atoms with E-state index in [1.54, 1.807) is 19.2 Å². The fourth-order valence-electron chi connectivity index (χ4n) is 2.01. The van der Waals surface area contributed by atoms with Crippen molar-refractivity contribution in [2.45, 2.75) is 13.5 Å². The lowest BCUT2D eigenvalue weighted by Gasteiger charge is -2.11. The number of nitrogen functional groups attached to an aromatic ring is 1. The third-order valence-electron chi connectivity index (χ3n) is 3.08. The van der Waals surface area contributed by atoms with Gasteiger partial charge in [0.25, 0.3) is 5.91 Å². The van der Waals surface area contributed by atoms with Gasteiger partial charge in [-0.3, -0.25) is 4.79 Å². The molecule has 0 aliphatic carbocycles. The van der Waals surface area contributed by atoms with Crippen LogP contribution in [0.25, 0.3) is 0 Å². The molecular formula is C16H18N2O2. The molecule has 4 nitrogen and oxygen atoms in total. The van der Waals surface area contributed by atoms with Crippen LogP contribution in [0.2, 0.25) is 0 Å². The van der Waals surface area contributed by atoms with Crippen LogP contribution in [0.4, 0.5) is 5.69 Å². The summed E-state index contributed by atoms with van der Waals surface area (Å²) < 4.78 is 5.25. The van der Waals surface area contributed by atoms with Crippen LogP contribution in [0, 0.1) is 6.92 Å². The minimum absolute atomic E-state index is 0.187. The molecule has 0 radical (unpaired) electrons. The van der Waals surface area contributed by atoms with Gasteiger partial charge in [-0.2, -0.15) is 0 Å². The number of hydrogen-bond acceptors (Lipinski definition) is 3. The second-order valence-corrected chi connectivity index (χ2v) is 4.59. The van der Waals surface area contributed by atoms with Crippen LogP contribution in [0.1, 0.15) is 21.5 Å². The number of nitrogens with one attached hydrogen (secondary N) is 1. The van der Waals surface area contributed by atoms with Gasteiger partial charge >= 0.3 is 0 Å². The van der Waals surface area contributed by atoms with Crippen molar-refractivity contribution in [2.24, 2.45) is 0 Å². The summed E-state index contributed by atoms with van der Waals surface area (Å²) in [5.74, 6) is 0.568. The smallest absolute Gasteiger partial charge is 0.253 e. The molecule has 0 atom stereocenters. The van der Waals surface area contributed by atoms with Gasteiger partial charge in [0.2, 0.25) is 0 Å². The summed E-state index contributed by atoms with van der Waals surface area (Å²) in [7, 11) is 1.61. The van der Waals surface area contributed by atoms with Gasteiger partial charge in [0.15, 0.2) is 0 Å². The lowest BCUT2D eigenvalue weighted by Crippen LogP contribution is -2.24. The molecule has 2 aromatic carbocycles. The van der Waals surface area contributed by atoms with Crippen molar-refractivity contribution >= 4 is 11.6 Å². The van der Waals surface area contributed by atoms with Crippen LogP contribution in [0.15, 0.2) is 42.5 Å². The summed E-state index contributed by atoms with van der Waals surface area (Å²) in [6.45, 7) is 2.34. The SMILES string of the molecule is COc1ccccc1CNC(=O)c1ccc(C)cc1N. The molecule has 1 amide bonds. The zero-order valence-corrected chi connectivity index (χ0v) is 11.6. The Morgan fingerprint density at radius 3 is 2.70 bits per heavy atom. The summed E-state index contributed by atoms with van der Waals surface area (Å²) >= 11 is 0. The van der Waals surface area contributed by atoms with E-state index in [2.05, 4.69) is 5.32 Å². The molecule has 2 rings (SSSR count). The number of anilines is 1. The third kappa shape index (κ3) is 3.09. The highest BCUT2D eigenvalue weighted by Gasteiger charge is 2.10. The quantitative estimate of drug-likeness (QED) is 0.839. The number of nitrogens with two attached hydrogens (primary N) is 1. The molecule has 0 saturated carbocycles. The Hall–Kier alpha value is -2.49. The predicted octanol–water partition coefficient (Wildman–Crippen LogP) is 2.52. The molecule has 0 fully saturated rings. The summed E-state index contributed by atoms with van der Waals surface area (Å²) in [6, 6.07) is 13.0. The number of hydrogen-bond donors (Lipinski definition) is 2. The van der Waals surface area contributed by atoms with Crippen LogP contribution in [0.5, 0.6) is 5.75 Å². The molecule has 0 spiro atoms. The molecular weight excluding hydrogens is 252 g/mol. The number of benzene rings is 2. The molecule has 0 aliphatic rings. The van der Waals surface area contributed by atoms with Crippen LogP contribution in [-0.4, -0.2) is 13.0 Å². The Morgan fingerprint density at radius 1 is 1.25 bits per heavy atom. The molecule has 3 N–H and O–H groups in total. The summed E-state index contributed by atoms with van der Waals surface area (Å²) in [4.78, 5) is 12.1. The minimum atomic E-state index is -0.187. The van der Waals surface area contributed by atoms with E-state index in [0.29, 0.717) is 17.8 Å². The lowest BCUT2D eigenvalue weighted by molar-refractivity contribution is 0.0951. The molecule has 20 heavy (non-hydrogen) atoms. The maximum Gasteiger partial charge on any atom is 0.253 e. The fraction of sp³-hybridized carbons (Fsp3) is 0.188. The Bertz CT molecular complexity index is 624. The molecule has 0 heterocycles. The van der Waals surface area contributed by atoms with E-state index in [-0.39, 0.29) is 5.91 Å². The monoisotopic (exact) mass is 270 g/mol. The number of aryl methyl sites for hydroxylation is 1. The fourth-order valence-corrected chi connectivity index (χ4v) is 2.01. The average molecular weight is 270 g/mol. The number of amides is 1. The highest BCUT2D eigenvalue weighted by molar-refractivity contribution is 5.99. The van der Waals surface area contributed by atoms with Gasteiger partial charge in [-0.25, -0.2) is 0 Å². The van der Waals surface area contributed by atoms with Crippen molar-refractivity contribution in [3.8, 4) is 5.75 Å². The Kier molecular flexibility index (Phi) is 4.25. The number of carbonyl (C=O) groups is 1. The van der Waals surface area contributed by atoms with Crippen molar-refractivity contribution in [3.05, 3.63) is 59.2 Å². The molecule has 0 saturated heterocycles. The first kappa shape index (κ1) is 13.9. The van der Waals surface area contributed by atoms with Crippen molar-refractivity contribution in [2.75, 3.05) is 12.8 Å². The molecule has 2 aromatic rings. The Morgan fingerprint density at radius 2 is 2.00 bits per heavy atom. The van der Waals surface area contributed by atoms with Crippen molar-refractivity contribution < 1.29 is 9.53 Å². The van der Waals surface area contributed by atoms with Crippen molar-refractivity contribution in [3.63, 3.8) is 0 Å². The van der Waals surface area contributed by atoms with E-state index in [9.17, 15) is 4.79 Å². The summed E-state index contributed by atoms with van der Waals surface area (Å²) in [6.07, 6.45) is 0. The van der Waals surface area contributed by atoms with Gasteiger partial charge in [0, 0.05) is 17.8 Å². The highest BCUT2D eigenvalue weighted by Crippen LogP contribution is 2.18. The first-order valence-corrected chi connectivity index (χ1v) is 6.38. The van der Waals surface area contributed by atoms with Crippen LogP contribution >= 0.6 is 0 Å². The van der Waals surface area contributed by atoms with Gasteiger partial charge in [-0.15, -0.1) is 0 Å². The molecule has 4 heteroatoms. The Balaban J connectivity index is 2.09. The molecule has 0 aliphatic heterocycles. The highest BCUT2D eigenvalue weighted by atomic mass is 16.5. The largest absolute Gasteiger partial charge is 0.496 e. The van der Waals surface area contributed by atoms with E-state index in [0.717, 1.165) is 16.9 Å². The number of para-hydroxylation sites is 1. The van der Waals surface area contributed by atoms with Crippen LogP contribution in [-0.2, 0) is 6.54 Å². The number of ether oxygens (including phenoxy) is 1. The topological polar surface area (TPSA) is 64.3 Å². The first-order valence-electron chi connectivity index (χ1n) is 6.38. The average Bonchev–Trinajstić information content (AvgIpc) is 2.45. The van der Waals surface area contributed by atoms with Crippen molar-refractivity contribution in [1.82, 2.24) is 5.32 Å². The van der Waals surface area contributed by atoms with Gasteiger partial charge in [0.1, 0.15) is 5.75 Å². The van der Waals surface area contributed by atoms with Crippen LogP contribution in [0.3, 0.4) is 0 Å². The molecule has 0 bridgehead atoms. The lowest BCUT2D eigenvalue weighted by atomic mass is 10.1. The number of carbonyl (C=O) groups excluding carboxylic acids is 1. The van der Waals surface area contributed by atoms with E-state index < -0.39 is 0 Å². The van der Waals surface area contributed by atoms with E-state index >= 15 is 0 Å². The van der Waals surface area contributed by atoms with E-state index in [1.165, 1.54) is 0 Å². The summed E-state index contributed by atoms with van der Waals surface area (Å²) in [5, 5.41) is 2.85. The maximum absolute atomic E-state index is 12.1. The molecule has 104 valence electrons. The predicted molar refractivity (Wildman–Crippen MR) is 79.8 cm³/mol. The van der Waals surface area contributed by atoms with Crippen LogP contribution < -0.4 is 15.8 Å². The van der Waals surface area contributed by atoms with E-state index in [1.807, 2.05) is 37.3 Å².